The largest absolute Gasteiger partial charge is 0.478 e. The summed E-state index contributed by atoms with van der Waals surface area (Å²) >= 11 is 0. The lowest BCUT2D eigenvalue weighted by Crippen LogP contribution is -2.08. The molecule has 4 aromatic carbocycles. The zero-order valence-electron chi connectivity index (χ0n) is 21.1. The monoisotopic (exact) mass is 526 g/mol. The predicted octanol–water partition coefficient (Wildman–Crippen LogP) is 8.13. The number of nitrogens with zero attached hydrogens (tertiary/aromatic N) is 1. The smallest absolute Gasteiger partial charge is 0.418 e. The summed E-state index contributed by atoms with van der Waals surface area (Å²) in [5.41, 5.74) is 4.86. The van der Waals surface area contributed by atoms with E-state index >= 15 is 0 Å². The number of anilines is 1. The van der Waals surface area contributed by atoms with Gasteiger partial charge in [0, 0.05) is 23.8 Å². The lowest BCUT2D eigenvalue weighted by atomic mass is 9.91. The van der Waals surface area contributed by atoms with Crippen molar-refractivity contribution in [2.24, 2.45) is 0 Å². The van der Waals surface area contributed by atoms with E-state index < -0.39 is 17.7 Å². The average molecular weight is 527 g/mol. The molecule has 0 unspecified atom stereocenters. The zero-order valence-corrected chi connectivity index (χ0v) is 21.1. The van der Waals surface area contributed by atoms with Gasteiger partial charge in [-0.2, -0.15) is 13.2 Å². The molecule has 0 aliphatic carbocycles. The highest BCUT2D eigenvalue weighted by molar-refractivity contribution is 5.98. The van der Waals surface area contributed by atoms with E-state index in [1.165, 1.54) is 12.3 Å². The van der Waals surface area contributed by atoms with Crippen LogP contribution in [0, 0.1) is 6.92 Å². The van der Waals surface area contributed by atoms with E-state index in [1.807, 2.05) is 61.5 Å². The molecule has 0 radical (unpaired) electrons. The summed E-state index contributed by atoms with van der Waals surface area (Å²) < 4.78 is 41.6. The summed E-state index contributed by atoms with van der Waals surface area (Å²) in [5.74, 6) is -1.03. The van der Waals surface area contributed by atoms with Gasteiger partial charge in [0.1, 0.15) is 0 Å². The van der Waals surface area contributed by atoms with Gasteiger partial charge in [0.25, 0.3) is 0 Å². The number of hydrogen-bond acceptors (Lipinski definition) is 3. The Morgan fingerprint density at radius 1 is 0.897 bits per heavy atom. The summed E-state index contributed by atoms with van der Waals surface area (Å²) in [6, 6.07) is 26.5. The van der Waals surface area contributed by atoms with Crippen LogP contribution in [0.4, 0.5) is 18.9 Å². The van der Waals surface area contributed by atoms with E-state index in [9.17, 15) is 23.1 Å². The molecule has 0 bridgehead atoms. The van der Waals surface area contributed by atoms with E-state index in [0.29, 0.717) is 29.6 Å². The third-order valence-corrected chi connectivity index (χ3v) is 6.62. The predicted molar refractivity (Wildman–Crippen MR) is 147 cm³/mol. The second-order valence-corrected chi connectivity index (χ2v) is 9.43. The molecule has 0 saturated carbocycles. The van der Waals surface area contributed by atoms with Crippen molar-refractivity contribution in [3.63, 3.8) is 0 Å². The highest BCUT2D eigenvalue weighted by Crippen LogP contribution is 2.39. The van der Waals surface area contributed by atoms with Crippen molar-refractivity contribution >= 4 is 22.6 Å². The molecule has 7 heteroatoms. The molecule has 5 rings (SSSR count). The molecule has 0 spiro atoms. The van der Waals surface area contributed by atoms with Crippen LogP contribution in [0.15, 0.2) is 97.2 Å². The van der Waals surface area contributed by atoms with E-state index in [-0.39, 0.29) is 11.1 Å². The number of hydrogen-bond donors (Lipinski definition) is 2. The first-order chi connectivity index (χ1) is 18.7. The highest BCUT2D eigenvalue weighted by atomic mass is 19.4. The van der Waals surface area contributed by atoms with Gasteiger partial charge in [-0.05, 0) is 71.0 Å². The fourth-order valence-electron chi connectivity index (χ4n) is 4.81. The number of rotatable bonds is 7. The van der Waals surface area contributed by atoms with Crippen LogP contribution in [-0.4, -0.2) is 16.1 Å². The number of fused-ring (bicyclic) bond motifs is 1. The maximum absolute atomic E-state index is 13.9. The van der Waals surface area contributed by atoms with Crippen molar-refractivity contribution in [3.05, 3.63) is 131 Å². The highest BCUT2D eigenvalue weighted by Gasteiger charge is 2.33. The normalized spacial score (nSPS) is 11.5. The summed E-state index contributed by atoms with van der Waals surface area (Å²) in [5, 5.41) is 13.2. The van der Waals surface area contributed by atoms with Crippen molar-refractivity contribution in [2.75, 3.05) is 5.32 Å². The van der Waals surface area contributed by atoms with Gasteiger partial charge < -0.3 is 10.4 Å². The molecule has 5 aromatic rings. The molecule has 0 aliphatic heterocycles. The molecule has 0 atom stereocenters. The van der Waals surface area contributed by atoms with Gasteiger partial charge in [-0.3, -0.25) is 4.98 Å². The van der Waals surface area contributed by atoms with Gasteiger partial charge >= 0.3 is 12.1 Å². The third-order valence-electron chi connectivity index (χ3n) is 6.62. The summed E-state index contributed by atoms with van der Waals surface area (Å²) in [4.78, 5) is 15.9. The molecule has 0 fully saturated rings. The van der Waals surface area contributed by atoms with Gasteiger partial charge in [-0.25, -0.2) is 4.79 Å². The van der Waals surface area contributed by atoms with Crippen LogP contribution in [0.3, 0.4) is 0 Å². The molecule has 1 aromatic heterocycles. The van der Waals surface area contributed by atoms with Crippen molar-refractivity contribution in [2.45, 2.75) is 26.1 Å². The number of alkyl halides is 3. The standard InChI is InChI=1S/C32H25F3N2O2/c1-20-13-14-25(31(38)39)28(15-20)36-18-22-9-5-10-23(17-22)29-24(16-21-7-3-2-4-8-21)19-37-30-26(29)11-6-12-27(30)32(33,34)35/h2-15,17,19,36H,16,18H2,1H3,(H,38,39). The summed E-state index contributed by atoms with van der Waals surface area (Å²) in [6.45, 7) is 2.22. The summed E-state index contributed by atoms with van der Waals surface area (Å²) in [7, 11) is 0. The molecular weight excluding hydrogens is 501 g/mol. The van der Waals surface area contributed by atoms with E-state index in [2.05, 4.69) is 10.3 Å². The van der Waals surface area contributed by atoms with Gasteiger partial charge in [0.05, 0.1) is 16.6 Å². The number of carboxylic acids is 1. The van der Waals surface area contributed by atoms with Crippen LogP contribution in [0.25, 0.3) is 22.0 Å². The van der Waals surface area contributed by atoms with Gasteiger partial charge in [-0.15, -0.1) is 0 Å². The lowest BCUT2D eigenvalue weighted by molar-refractivity contribution is -0.136. The molecule has 0 amide bonds. The Kier molecular flexibility index (Phi) is 7.07. The van der Waals surface area contributed by atoms with Crippen molar-refractivity contribution in [1.82, 2.24) is 4.98 Å². The lowest BCUT2D eigenvalue weighted by Gasteiger charge is -2.17. The van der Waals surface area contributed by atoms with E-state index in [4.69, 9.17) is 0 Å². The molecule has 1 heterocycles. The first kappa shape index (κ1) is 26.0. The topological polar surface area (TPSA) is 62.2 Å². The summed E-state index contributed by atoms with van der Waals surface area (Å²) in [6.07, 6.45) is -2.49. The Morgan fingerprint density at radius 2 is 1.64 bits per heavy atom. The minimum atomic E-state index is -4.54. The van der Waals surface area contributed by atoms with Crippen LogP contribution in [0.5, 0.6) is 0 Å². The Hall–Kier alpha value is -4.65. The average Bonchev–Trinajstić information content (AvgIpc) is 2.91. The minimum Gasteiger partial charge on any atom is -0.478 e. The number of halogens is 3. The van der Waals surface area contributed by atoms with Gasteiger partial charge in [0.2, 0.25) is 0 Å². The quantitative estimate of drug-likeness (QED) is 0.225. The number of para-hydroxylation sites is 1. The van der Waals surface area contributed by atoms with E-state index in [0.717, 1.165) is 33.9 Å². The SMILES string of the molecule is Cc1ccc(C(=O)O)c(NCc2cccc(-c3c(Cc4ccccc4)cnc4c(C(F)(F)F)cccc34)c2)c1. The number of carbonyl (C=O) groups is 1. The molecule has 0 saturated heterocycles. The third kappa shape index (κ3) is 5.62. The Labute approximate surface area is 223 Å². The molecule has 39 heavy (non-hydrogen) atoms. The van der Waals surface area contributed by atoms with Crippen LogP contribution in [-0.2, 0) is 19.1 Å². The fourth-order valence-corrected chi connectivity index (χ4v) is 4.81. The molecule has 4 nitrogen and oxygen atoms in total. The fraction of sp³-hybridized carbons (Fsp3) is 0.125. The van der Waals surface area contributed by atoms with Crippen LogP contribution < -0.4 is 5.32 Å². The number of nitrogens with one attached hydrogen (secondary N) is 1. The van der Waals surface area contributed by atoms with Crippen molar-refractivity contribution in [1.29, 1.82) is 0 Å². The van der Waals surface area contributed by atoms with E-state index in [1.54, 1.807) is 24.3 Å². The number of benzene rings is 4. The molecular formula is C32H25F3N2O2. The second kappa shape index (κ2) is 10.6. The maximum atomic E-state index is 13.9. The number of aromatic carboxylic acids is 1. The number of carboxylic acid groups (broad SMARTS) is 1. The van der Waals surface area contributed by atoms with Crippen molar-refractivity contribution in [3.8, 4) is 11.1 Å². The van der Waals surface area contributed by atoms with Gasteiger partial charge in [0.15, 0.2) is 0 Å². The Bertz CT molecular complexity index is 1660. The number of pyridine rings is 1. The minimum absolute atomic E-state index is 0.0915. The molecule has 2 N–H and O–H groups in total. The number of aryl methyl sites for hydroxylation is 1. The second-order valence-electron chi connectivity index (χ2n) is 9.43. The molecule has 196 valence electrons. The maximum Gasteiger partial charge on any atom is 0.418 e. The first-order valence-electron chi connectivity index (χ1n) is 12.4. The van der Waals surface area contributed by atoms with Crippen LogP contribution >= 0.6 is 0 Å². The number of aromatic nitrogens is 1. The van der Waals surface area contributed by atoms with Crippen molar-refractivity contribution < 1.29 is 23.1 Å². The van der Waals surface area contributed by atoms with Crippen LogP contribution in [0.1, 0.15) is 38.2 Å². The Balaban J connectivity index is 1.59. The van der Waals surface area contributed by atoms with Gasteiger partial charge in [-0.1, -0.05) is 66.7 Å². The molecule has 0 aliphatic rings. The first-order valence-corrected chi connectivity index (χ1v) is 12.4. The van der Waals surface area contributed by atoms with Crippen LogP contribution in [0.2, 0.25) is 0 Å². The zero-order chi connectivity index (χ0) is 27.6. The Morgan fingerprint density at radius 3 is 2.38 bits per heavy atom.